The molecule has 1 aliphatic heterocycles. The van der Waals surface area contributed by atoms with Gasteiger partial charge in [-0.1, -0.05) is 0 Å². The number of imidazole rings is 1. The number of aromatic amines is 1. The van der Waals surface area contributed by atoms with E-state index in [9.17, 15) is 14.0 Å². The number of carbonyl (C=O) groups excluding carboxylic acids is 2. The third kappa shape index (κ3) is 4.38. The Bertz CT molecular complexity index is 918. The molecule has 1 saturated carbocycles. The van der Waals surface area contributed by atoms with Crippen LogP contribution in [0.4, 0.5) is 4.39 Å². The Balaban J connectivity index is 1.33. The summed E-state index contributed by atoms with van der Waals surface area (Å²) in [5.74, 6) is 0.185. The molecule has 3 N–H and O–H groups in total. The van der Waals surface area contributed by atoms with Crippen LogP contribution in [0.1, 0.15) is 48.8 Å². The normalized spacial score (nSPS) is 21.9. The van der Waals surface area contributed by atoms with Crippen molar-refractivity contribution in [3.63, 3.8) is 0 Å². The van der Waals surface area contributed by atoms with E-state index in [1.807, 2.05) is 11.8 Å². The van der Waals surface area contributed by atoms with Gasteiger partial charge in [-0.15, -0.1) is 0 Å². The fraction of sp³-hybridized carbons (Fsp3) is 0.500. The predicted octanol–water partition coefficient (Wildman–Crippen LogP) is 2.39. The lowest BCUT2D eigenvalue weighted by Gasteiger charge is -2.42. The molecule has 1 saturated heterocycles. The van der Waals surface area contributed by atoms with Gasteiger partial charge < -0.3 is 20.5 Å². The molecular formula is C22H28FN5O2. The number of aryl methyl sites for hydroxylation is 1. The van der Waals surface area contributed by atoms with Gasteiger partial charge in [-0.25, -0.2) is 9.37 Å². The number of H-pyrrole nitrogens is 1. The number of rotatable bonds is 5. The van der Waals surface area contributed by atoms with Crippen molar-refractivity contribution in [2.24, 2.45) is 0 Å². The van der Waals surface area contributed by atoms with Crippen LogP contribution in [-0.2, 0) is 4.79 Å². The summed E-state index contributed by atoms with van der Waals surface area (Å²) in [7, 11) is 0. The fourth-order valence-corrected chi connectivity index (χ4v) is 4.20. The summed E-state index contributed by atoms with van der Waals surface area (Å²) >= 11 is 0. The molecule has 4 rings (SSSR count). The lowest BCUT2D eigenvalue weighted by molar-refractivity contribution is -0.129. The number of nitrogens with zero attached hydrogens (tertiary/aromatic N) is 2. The standard InChI is InChI=1S/C22H28FN5O2/c1-13-20(27-21(24-13)15-3-5-16(23)6-4-15)22(30)26-19-8-7-18(19)25-17-9-11-28(12-10-17)14(2)29/h3-6,17-19,25H,7-12H2,1-2H3,(H,24,27)(H,26,30)/t18-,19+/m1/s1. The highest BCUT2D eigenvalue weighted by Gasteiger charge is 2.35. The molecule has 2 atom stereocenters. The molecule has 2 aliphatic rings. The van der Waals surface area contributed by atoms with Crippen molar-refractivity contribution in [2.45, 2.75) is 57.7 Å². The molecule has 8 heteroatoms. The van der Waals surface area contributed by atoms with Gasteiger partial charge in [0.25, 0.3) is 5.91 Å². The summed E-state index contributed by atoms with van der Waals surface area (Å²) in [6, 6.07) is 6.73. The topological polar surface area (TPSA) is 90.1 Å². The molecule has 7 nitrogen and oxygen atoms in total. The zero-order valence-corrected chi connectivity index (χ0v) is 17.4. The smallest absolute Gasteiger partial charge is 0.272 e. The average molecular weight is 413 g/mol. The molecule has 2 aromatic rings. The van der Waals surface area contributed by atoms with Crippen LogP contribution < -0.4 is 10.6 Å². The van der Waals surface area contributed by atoms with Gasteiger partial charge in [-0.05, 0) is 56.9 Å². The van der Waals surface area contributed by atoms with Crippen molar-refractivity contribution in [1.82, 2.24) is 25.5 Å². The summed E-state index contributed by atoms with van der Waals surface area (Å²) < 4.78 is 13.1. The summed E-state index contributed by atoms with van der Waals surface area (Å²) in [4.78, 5) is 33.7. The van der Waals surface area contributed by atoms with Gasteiger partial charge in [0.15, 0.2) is 0 Å². The minimum Gasteiger partial charge on any atom is -0.346 e. The first-order valence-corrected chi connectivity index (χ1v) is 10.6. The number of likely N-dealkylation sites (tertiary alicyclic amines) is 1. The minimum atomic E-state index is -0.310. The van der Waals surface area contributed by atoms with E-state index in [1.54, 1.807) is 19.1 Å². The van der Waals surface area contributed by atoms with Crippen molar-refractivity contribution in [2.75, 3.05) is 13.1 Å². The van der Waals surface area contributed by atoms with E-state index in [1.165, 1.54) is 12.1 Å². The van der Waals surface area contributed by atoms with Crippen LogP contribution in [0.2, 0.25) is 0 Å². The monoisotopic (exact) mass is 413 g/mol. The summed E-state index contributed by atoms with van der Waals surface area (Å²) in [5, 5.41) is 6.76. The number of hydrogen-bond acceptors (Lipinski definition) is 4. The maximum absolute atomic E-state index is 13.1. The van der Waals surface area contributed by atoms with E-state index in [0.717, 1.165) is 44.3 Å². The maximum Gasteiger partial charge on any atom is 0.272 e. The Hall–Kier alpha value is -2.74. The Labute approximate surface area is 175 Å². The van der Waals surface area contributed by atoms with E-state index in [0.29, 0.717) is 23.3 Å². The lowest BCUT2D eigenvalue weighted by atomic mass is 9.85. The largest absolute Gasteiger partial charge is 0.346 e. The molecule has 2 fully saturated rings. The van der Waals surface area contributed by atoms with Crippen LogP contribution >= 0.6 is 0 Å². The van der Waals surface area contributed by atoms with E-state index in [-0.39, 0.29) is 29.7 Å². The average Bonchev–Trinajstić information content (AvgIpc) is 3.12. The lowest BCUT2D eigenvalue weighted by Crippen LogP contribution is -2.60. The van der Waals surface area contributed by atoms with Gasteiger partial charge in [0.1, 0.15) is 17.3 Å². The first-order chi connectivity index (χ1) is 14.4. The fourth-order valence-electron chi connectivity index (χ4n) is 4.20. The highest BCUT2D eigenvalue weighted by atomic mass is 19.1. The molecule has 30 heavy (non-hydrogen) atoms. The number of halogens is 1. The Morgan fingerprint density at radius 2 is 1.77 bits per heavy atom. The second-order valence-electron chi connectivity index (χ2n) is 8.28. The van der Waals surface area contributed by atoms with Crippen molar-refractivity contribution in [3.05, 3.63) is 41.5 Å². The second kappa shape index (κ2) is 8.55. The van der Waals surface area contributed by atoms with Gasteiger partial charge in [0.2, 0.25) is 5.91 Å². The van der Waals surface area contributed by atoms with E-state index in [2.05, 4.69) is 20.6 Å². The van der Waals surface area contributed by atoms with Crippen molar-refractivity contribution >= 4 is 11.8 Å². The van der Waals surface area contributed by atoms with E-state index < -0.39 is 0 Å². The SMILES string of the molecule is CC(=O)N1CCC(N[C@@H]2CC[C@@H]2NC(=O)c2nc(-c3ccc(F)cc3)[nH]c2C)CC1. The van der Waals surface area contributed by atoms with Gasteiger partial charge in [-0.3, -0.25) is 9.59 Å². The molecule has 0 unspecified atom stereocenters. The number of carbonyl (C=O) groups is 2. The van der Waals surface area contributed by atoms with Crippen LogP contribution in [0.3, 0.4) is 0 Å². The summed E-state index contributed by atoms with van der Waals surface area (Å²) in [6.07, 6.45) is 3.84. The summed E-state index contributed by atoms with van der Waals surface area (Å²) in [6.45, 7) is 5.00. The number of piperidine rings is 1. The molecule has 2 heterocycles. The Morgan fingerprint density at radius 1 is 1.10 bits per heavy atom. The molecule has 1 aromatic carbocycles. The highest BCUT2D eigenvalue weighted by molar-refractivity contribution is 5.94. The number of aromatic nitrogens is 2. The van der Waals surface area contributed by atoms with E-state index in [4.69, 9.17) is 0 Å². The van der Waals surface area contributed by atoms with Crippen molar-refractivity contribution in [3.8, 4) is 11.4 Å². The third-order valence-corrected chi connectivity index (χ3v) is 6.20. The molecule has 1 aromatic heterocycles. The number of benzene rings is 1. The van der Waals surface area contributed by atoms with Crippen molar-refractivity contribution < 1.29 is 14.0 Å². The van der Waals surface area contributed by atoms with Crippen LogP contribution in [0.25, 0.3) is 11.4 Å². The number of amides is 2. The van der Waals surface area contributed by atoms with Crippen LogP contribution in [0, 0.1) is 12.7 Å². The van der Waals surface area contributed by atoms with E-state index >= 15 is 0 Å². The summed E-state index contributed by atoms with van der Waals surface area (Å²) in [5.41, 5.74) is 1.79. The second-order valence-corrected chi connectivity index (χ2v) is 8.28. The van der Waals surface area contributed by atoms with Gasteiger partial charge in [0, 0.05) is 49.4 Å². The first-order valence-electron chi connectivity index (χ1n) is 10.6. The number of hydrogen-bond donors (Lipinski definition) is 3. The quantitative estimate of drug-likeness (QED) is 0.702. The molecule has 0 radical (unpaired) electrons. The van der Waals surface area contributed by atoms with Gasteiger partial charge in [0.05, 0.1) is 0 Å². The highest BCUT2D eigenvalue weighted by Crippen LogP contribution is 2.24. The van der Waals surface area contributed by atoms with Gasteiger partial charge >= 0.3 is 0 Å². The Kier molecular flexibility index (Phi) is 5.85. The first kappa shape index (κ1) is 20.5. The molecule has 0 bridgehead atoms. The predicted molar refractivity (Wildman–Crippen MR) is 111 cm³/mol. The maximum atomic E-state index is 13.1. The van der Waals surface area contributed by atoms with Crippen LogP contribution in [0.5, 0.6) is 0 Å². The van der Waals surface area contributed by atoms with Crippen LogP contribution in [-0.4, -0.2) is 57.9 Å². The molecule has 0 spiro atoms. The number of nitrogens with one attached hydrogen (secondary N) is 3. The van der Waals surface area contributed by atoms with Gasteiger partial charge in [-0.2, -0.15) is 0 Å². The third-order valence-electron chi connectivity index (χ3n) is 6.20. The zero-order chi connectivity index (χ0) is 21.3. The van der Waals surface area contributed by atoms with Crippen molar-refractivity contribution in [1.29, 1.82) is 0 Å². The zero-order valence-electron chi connectivity index (χ0n) is 17.4. The molecule has 2 amide bonds. The molecular weight excluding hydrogens is 385 g/mol. The Morgan fingerprint density at radius 3 is 2.37 bits per heavy atom. The molecule has 160 valence electrons. The van der Waals surface area contributed by atoms with Crippen LogP contribution in [0.15, 0.2) is 24.3 Å². The minimum absolute atomic E-state index is 0.0775. The molecule has 1 aliphatic carbocycles.